The van der Waals surface area contributed by atoms with E-state index in [1.54, 1.807) is 0 Å². The fourth-order valence-corrected chi connectivity index (χ4v) is 2.96. The zero-order valence-corrected chi connectivity index (χ0v) is 18.9. The molecule has 5 aromatic rings. The number of pyridine rings is 2. The molecule has 5 rings (SSSR count). The second-order valence-corrected chi connectivity index (χ2v) is 6.69. The van der Waals surface area contributed by atoms with Crippen LogP contribution in [0.4, 0.5) is 0 Å². The van der Waals surface area contributed by atoms with E-state index in [4.69, 9.17) is 0 Å². The maximum Gasteiger partial charge on any atom is 0.0239 e. The summed E-state index contributed by atoms with van der Waals surface area (Å²) in [4.78, 5) is 8.76. The van der Waals surface area contributed by atoms with E-state index in [0.29, 0.717) is 0 Å². The minimum absolute atomic E-state index is 0. The van der Waals surface area contributed by atoms with E-state index in [1.807, 2.05) is 86.0 Å². The fourth-order valence-electron chi connectivity index (χ4n) is 2.96. The molecule has 0 aliphatic carbocycles. The summed E-state index contributed by atoms with van der Waals surface area (Å²) in [6, 6.07) is 36.5. The molecule has 149 valence electrons. The van der Waals surface area contributed by atoms with E-state index in [1.165, 1.54) is 16.3 Å². The smallest absolute Gasteiger partial charge is 0.0239 e. The van der Waals surface area contributed by atoms with Gasteiger partial charge in [0.25, 0.3) is 0 Å². The molecule has 0 saturated heterocycles. The van der Waals surface area contributed by atoms with Crippen molar-refractivity contribution in [1.82, 2.24) is 9.97 Å². The van der Waals surface area contributed by atoms with Crippen LogP contribution < -0.4 is 0 Å². The first kappa shape index (κ1) is 21.6. The van der Waals surface area contributed by atoms with Crippen molar-refractivity contribution in [3.05, 3.63) is 121 Å². The van der Waals surface area contributed by atoms with Crippen LogP contribution in [0.5, 0.6) is 0 Å². The van der Waals surface area contributed by atoms with E-state index >= 15 is 0 Å². The molecule has 3 aromatic carbocycles. The van der Waals surface area contributed by atoms with Crippen molar-refractivity contribution in [3.63, 3.8) is 0 Å². The van der Waals surface area contributed by atoms with Crippen molar-refractivity contribution < 1.29 is 20.1 Å². The maximum absolute atomic E-state index is 4.45. The van der Waals surface area contributed by atoms with Crippen molar-refractivity contribution >= 4 is 10.8 Å². The topological polar surface area (TPSA) is 25.8 Å². The van der Waals surface area contributed by atoms with E-state index < -0.39 is 0 Å². The first-order chi connectivity index (χ1) is 14.3. The normalized spacial score (nSPS) is 9.90. The quantitative estimate of drug-likeness (QED) is 0.227. The molecule has 3 heteroatoms. The van der Waals surface area contributed by atoms with E-state index in [2.05, 4.69) is 46.4 Å². The van der Waals surface area contributed by atoms with E-state index in [-0.39, 0.29) is 20.1 Å². The van der Waals surface area contributed by atoms with Crippen molar-refractivity contribution in [2.45, 2.75) is 6.92 Å². The van der Waals surface area contributed by atoms with Crippen LogP contribution in [0.15, 0.2) is 103 Å². The molecule has 2 nitrogen and oxygen atoms in total. The molecular formula is C27H20IrN2-2. The molecule has 0 atom stereocenters. The Morgan fingerprint density at radius 3 is 1.80 bits per heavy atom. The third-order valence-corrected chi connectivity index (χ3v) is 4.51. The van der Waals surface area contributed by atoms with Gasteiger partial charge in [0.15, 0.2) is 0 Å². The number of aromatic nitrogens is 2. The van der Waals surface area contributed by atoms with Crippen LogP contribution >= 0.6 is 0 Å². The molecule has 0 spiro atoms. The minimum Gasteiger partial charge on any atom is -0.304 e. The predicted molar refractivity (Wildman–Crippen MR) is 119 cm³/mol. The molecule has 1 radical (unpaired) electrons. The molecule has 0 aliphatic heterocycles. The van der Waals surface area contributed by atoms with Crippen molar-refractivity contribution in [2.75, 3.05) is 0 Å². The molecule has 0 amide bonds. The second-order valence-electron chi connectivity index (χ2n) is 6.69. The van der Waals surface area contributed by atoms with E-state index in [9.17, 15) is 0 Å². The van der Waals surface area contributed by atoms with Gasteiger partial charge in [-0.15, -0.1) is 71.8 Å². The number of hydrogen-bond donors (Lipinski definition) is 0. The molecule has 0 fully saturated rings. The maximum atomic E-state index is 4.45. The first-order valence-corrected chi connectivity index (χ1v) is 9.51. The number of rotatable bonds is 2. The number of fused-ring (bicyclic) bond motifs is 1. The van der Waals surface area contributed by atoms with Gasteiger partial charge in [0.05, 0.1) is 0 Å². The van der Waals surface area contributed by atoms with Crippen LogP contribution in [0.1, 0.15) is 5.56 Å². The summed E-state index contributed by atoms with van der Waals surface area (Å²) in [5, 5.41) is 2.38. The summed E-state index contributed by atoms with van der Waals surface area (Å²) < 4.78 is 0. The fraction of sp³-hybridized carbons (Fsp3) is 0.0370. The predicted octanol–water partition coefficient (Wildman–Crippen LogP) is 6.56. The number of nitrogens with zero attached hydrogens (tertiary/aromatic N) is 2. The van der Waals surface area contributed by atoms with Gasteiger partial charge in [-0.2, -0.15) is 0 Å². The van der Waals surface area contributed by atoms with Crippen LogP contribution in [0.25, 0.3) is 33.3 Å². The Morgan fingerprint density at radius 1 is 0.600 bits per heavy atom. The average Bonchev–Trinajstić information content (AvgIpc) is 2.81. The Morgan fingerprint density at radius 2 is 1.20 bits per heavy atom. The Hall–Kier alpha value is -3.13. The molecule has 0 bridgehead atoms. The van der Waals surface area contributed by atoms with Gasteiger partial charge in [-0.25, -0.2) is 0 Å². The monoisotopic (exact) mass is 565 g/mol. The largest absolute Gasteiger partial charge is 0.304 e. The minimum atomic E-state index is 0. The Labute approximate surface area is 191 Å². The zero-order valence-electron chi connectivity index (χ0n) is 16.5. The number of hydrogen-bond acceptors (Lipinski definition) is 2. The summed E-state index contributed by atoms with van der Waals surface area (Å²) in [5.74, 6) is 0. The molecule has 2 heterocycles. The van der Waals surface area contributed by atoms with Gasteiger partial charge in [0, 0.05) is 32.5 Å². The van der Waals surface area contributed by atoms with Crippen molar-refractivity contribution in [2.24, 2.45) is 0 Å². The number of aryl methyl sites for hydroxylation is 1. The summed E-state index contributed by atoms with van der Waals surface area (Å²) in [6.45, 7) is 2.03. The summed E-state index contributed by atoms with van der Waals surface area (Å²) in [5.41, 5.74) is 5.21. The van der Waals surface area contributed by atoms with Gasteiger partial charge >= 0.3 is 0 Å². The summed E-state index contributed by atoms with van der Waals surface area (Å²) in [7, 11) is 0. The molecule has 0 N–H and O–H groups in total. The third-order valence-electron chi connectivity index (χ3n) is 4.51. The Balaban J connectivity index is 0.000000169. The molecule has 0 unspecified atom stereocenters. The number of benzene rings is 3. The summed E-state index contributed by atoms with van der Waals surface area (Å²) in [6.07, 6.45) is 3.78. The van der Waals surface area contributed by atoms with Gasteiger partial charge in [-0.1, -0.05) is 42.5 Å². The van der Waals surface area contributed by atoms with Crippen LogP contribution in [-0.4, -0.2) is 9.97 Å². The zero-order chi connectivity index (χ0) is 19.9. The molecule has 30 heavy (non-hydrogen) atoms. The van der Waals surface area contributed by atoms with Gasteiger partial charge in [0.2, 0.25) is 0 Å². The second kappa shape index (κ2) is 10.6. The SMILES string of the molecule is Cc1ccc(-c2[c-]cccc2)nc1.[Ir].[c-]1ccccc1-c1cc2ccccc2cn1. The van der Waals surface area contributed by atoms with Gasteiger partial charge in [-0.3, -0.25) is 0 Å². The van der Waals surface area contributed by atoms with Crippen molar-refractivity contribution in [1.29, 1.82) is 0 Å². The Bertz CT molecular complexity index is 1190. The molecule has 0 saturated carbocycles. The van der Waals surface area contributed by atoms with Gasteiger partial charge < -0.3 is 9.97 Å². The van der Waals surface area contributed by atoms with Crippen LogP contribution in [0, 0.1) is 19.1 Å². The first-order valence-electron chi connectivity index (χ1n) is 9.51. The average molecular weight is 565 g/mol. The van der Waals surface area contributed by atoms with Gasteiger partial charge in [-0.05, 0) is 34.6 Å². The van der Waals surface area contributed by atoms with E-state index in [0.717, 1.165) is 22.5 Å². The standard InChI is InChI=1S/C15H10N.C12H10N.Ir/c1-2-6-12(7-3-1)15-10-13-8-4-5-9-14(13)11-16-15;1-10-7-8-12(13-9-10)11-5-3-2-4-6-11;/h1-6,8-11H;2-5,7-9H,1H3;/q2*-1;. The van der Waals surface area contributed by atoms with Crippen molar-refractivity contribution in [3.8, 4) is 22.5 Å². The van der Waals surface area contributed by atoms with Crippen LogP contribution in [-0.2, 0) is 20.1 Å². The third kappa shape index (κ3) is 5.48. The molecule has 2 aromatic heterocycles. The molecular weight excluding hydrogens is 545 g/mol. The van der Waals surface area contributed by atoms with Crippen LogP contribution in [0.2, 0.25) is 0 Å². The molecule has 0 aliphatic rings. The van der Waals surface area contributed by atoms with Crippen LogP contribution in [0.3, 0.4) is 0 Å². The van der Waals surface area contributed by atoms with Gasteiger partial charge in [0.1, 0.15) is 0 Å². The Kier molecular flexibility index (Phi) is 7.62. The summed E-state index contributed by atoms with van der Waals surface area (Å²) >= 11 is 0.